The van der Waals surface area contributed by atoms with E-state index in [1.165, 1.54) is 59.4 Å². The zero-order chi connectivity index (χ0) is 42.6. The van der Waals surface area contributed by atoms with Gasteiger partial charge in [-0.2, -0.15) is 5.10 Å². The number of hydrogen-bond acceptors (Lipinski definition) is 10. The molecule has 0 spiro atoms. The van der Waals surface area contributed by atoms with E-state index in [2.05, 4.69) is 10.1 Å². The van der Waals surface area contributed by atoms with E-state index in [-0.39, 0.29) is 64.1 Å². The van der Waals surface area contributed by atoms with Crippen molar-refractivity contribution in [1.29, 1.82) is 0 Å². The zero-order valence-electron chi connectivity index (χ0n) is 31.1. The summed E-state index contributed by atoms with van der Waals surface area (Å²) in [5, 5.41) is 25.8. The number of benzene rings is 4. The number of aromatic amines is 1. The van der Waals surface area contributed by atoms with Gasteiger partial charge in [0.05, 0.1) is 39.8 Å². The molecule has 306 valence electrons. The molecule has 0 aliphatic carbocycles. The second-order valence-electron chi connectivity index (χ2n) is 13.9. The Labute approximate surface area is 336 Å². The Hall–Kier alpha value is -7.90. The number of hydrogen-bond donors (Lipinski definition) is 3. The second kappa shape index (κ2) is 15.1. The van der Waals surface area contributed by atoms with Crippen molar-refractivity contribution in [1.82, 2.24) is 19.7 Å². The van der Waals surface area contributed by atoms with Crippen LogP contribution in [0.4, 0.5) is 45.6 Å². The summed E-state index contributed by atoms with van der Waals surface area (Å²) in [4.78, 5) is 70.3. The number of aromatic nitrogens is 3. The molecule has 2 aromatic heterocycles. The molecule has 20 heteroatoms. The van der Waals surface area contributed by atoms with E-state index in [0.717, 1.165) is 26.8 Å². The van der Waals surface area contributed by atoms with Crippen LogP contribution in [0.3, 0.4) is 0 Å². The van der Waals surface area contributed by atoms with Gasteiger partial charge in [-0.1, -0.05) is 12.1 Å². The molecule has 2 aliphatic heterocycles. The van der Waals surface area contributed by atoms with Gasteiger partial charge in [-0.05, 0) is 79.6 Å². The fraction of sp³-hybridized carbons (Fsp3) is 0.175. The van der Waals surface area contributed by atoms with Crippen LogP contribution in [0.25, 0.3) is 16.6 Å². The number of aryl methyl sites for hydroxylation is 1. The number of fused-ring (bicyclic) bond motifs is 2. The number of carbonyl (C=O) groups excluding carboxylic acids is 3. The second-order valence-corrected chi connectivity index (χ2v) is 13.9. The summed E-state index contributed by atoms with van der Waals surface area (Å²) < 4.78 is 53.4. The third-order valence-corrected chi connectivity index (χ3v) is 10.2. The summed E-state index contributed by atoms with van der Waals surface area (Å²) in [5.74, 6) is -1.80. The third kappa shape index (κ3) is 6.92. The minimum Gasteiger partial charge on any atom is -0.485 e. The molecule has 0 unspecified atom stereocenters. The molecule has 0 radical (unpaired) electrons. The molecular formula is C40H31F3N8O9. The number of nitrogens with zero attached hydrogens (tertiary/aromatic N) is 6. The van der Waals surface area contributed by atoms with Crippen LogP contribution in [0.5, 0.6) is 17.2 Å². The highest BCUT2D eigenvalue weighted by molar-refractivity contribution is 6.23. The standard InChI is InChI=1S/C40H31F3N8O9/c1-20-12-25(60-33-5-3-2-4-27(33)41)10-11-30(20)50-37(44)26(17-45-50)36(52)29-13-21-14-34(59-19-35(42)43)31(16-28(21)46-29)49-38(53)32-15-24(18-47(32)39(49)54)48(40(55)56)22-6-8-23(9-7-22)51(57)58/h2-14,16-17,24,32,35,46H,15,18-19,44H2,1H3,(H,55,56)/t24-,32-/m0/s1. The van der Waals surface area contributed by atoms with Crippen molar-refractivity contribution in [3.05, 3.63) is 124 Å². The van der Waals surface area contributed by atoms with Gasteiger partial charge < -0.3 is 30.2 Å². The van der Waals surface area contributed by atoms with Crippen molar-refractivity contribution in [2.75, 3.05) is 28.7 Å². The third-order valence-electron chi connectivity index (χ3n) is 10.2. The molecule has 0 saturated carbocycles. The maximum Gasteiger partial charge on any atom is 0.412 e. The highest BCUT2D eigenvalue weighted by atomic mass is 19.3. The number of amides is 4. The van der Waals surface area contributed by atoms with Crippen LogP contribution in [-0.2, 0) is 4.79 Å². The lowest BCUT2D eigenvalue weighted by molar-refractivity contribution is -0.384. The van der Waals surface area contributed by atoms with Crippen LogP contribution in [0.2, 0.25) is 0 Å². The minimum atomic E-state index is -2.93. The van der Waals surface area contributed by atoms with Crippen molar-refractivity contribution in [2.24, 2.45) is 0 Å². The summed E-state index contributed by atoms with van der Waals surface area (Å²) in [6, 6.07) is 16.7. The molecule has 4 amide bonds. The molecule has 60 heavy (non-hydrogen) atoms. The first-order chi connectivity index (χ1) is 28.7. The Kier molecular flexibility index (Phi) is 9.82. The molecule has 4 aromatic carbocycles. The number of nitrogens with one attached hydrogen (secondary N) is 1. The van der Waals surface area contributed by atoms with E-state index in [1.54, 1.807) is 31.2 Å². The Morgan fingerprint density at radius 1 is 1.05 bits per heavy atom. The molecule has 2 saturated heterocycles. The zero-order valence-corrected chi connectivity index (χ0v) is 31.1. The van der Waals surface area contributed by atoms with E-state index >= 15 is 0 Å². The van der Waals surface area contributed by atoms with E-state index in [1.807, 2.05) is 0 Å². The highest BCUT2D eigenvalue weighted by Crippen LogP contribution is 2.41. The lowest BCUT2D eigenvalue weighted by atomic mass is 10.1. The average molecular weight is 825 g/mol. The summed E-state index contributed by atoms with van der Waals surface area (Å²) >= 11 is 0. The van der Waals surface area contributed by atoms with E-state index in [4.69, 9.17) is 15.2 Å². The van der Waals surface area contributed by atoms with Crippen LogP contribution < -0.4 is 25.0 Å². The maximum absolute atomic E-state index is 14.1. The number of H-pyrrole nitrogens is 1. The van der Waals surface area contributed by atoms with Gasteiger partial charge in [0, 0.05) is 35.3 Å². The normalized spacial score (nSPS) is 16.1. The summed E-state index contributed by atoms with van der Waals surface area (Å²) in [7, 11) is 0. The van der Waals surface area contributed by atoms with Crippen molar-refractivity contribution in [3.8, 4) is 22.9 Å². The number of anilines is 3. The van der Waals surface area contributed by atoms with Gasteiger partial charge in [0.25, 0.3) is 18.0 Å². The Morgan fingerprint density at radius 3 is 2.47 bits per heavy atom. The molecular weight excluding hydrogens is 793 g/mol. The first-order valence-corrected chi connectivity index (χ1v) is 18.1. The molecule has 2 aliphatic rings. The van der Waals surface area contributed by atoms with Gasteiger partial charge in [-0.25, -0.2) is 32.3 Å². The van der Waals surface area contributed by atoms with Crippen molar-refractivity contribution < 1.29 is 51.9 Å². The lowest BCUT2D eigenvalue weighted by Crippen LogP contribution is -2.44. The molecule has 2 fully saturated rings. The number of nitrogens with two attached hydrogens (primary N) is 1. The number of carboxylic acid groups (broad SMARTS) is 1. The van der Waals surface area contributed by atoms with Crippen molar-refractivity contribution in [2.45, 2.75) is 31.9 Å². The number of carbonyl (C=O) groups is 4. The van der Waals surface area contributed by atoms with Gasteiger partial charge in [-0.15, -0.1) is 0 Å². The number of imide groups is 1. The first kappa shape index (κ1) is 38.9. The number of rotatable bonds is 12. The van der Waals surface area contributed by atoms with Crippen LogP contribution in [0.1, 0.15) is 28.0 Å². The van der Waals surface area contributed by atoms with Gasteiger partial charge in [0.15, 0.2) is 11.6 Å². The largest absolute Gasteiger partial charge is 0.485 e. The molecule has 2 atom stereocenters. The monoisotopic (exact) mass is 824 g/mol. The number of ketones is 1. The van der Waals surface area contributed by atoms with E-state index < -0.39 is 59.7 Å². The number of alkyl halides is 2. The van der Waals surface area contributed by atoms with Gasteiger partial charge >= 0.3 is 12.1 Å². The Morgan fingerprint density at radius 2 is 1.80 bits per heavy atom. The van der Waals surface area contributed by atoms with Gasteiger partial charge in [0.2, 0.25) is 5.78 Å². The predicted molar refractivity (Wildman–Crippen MR) is 208 cm³/mol. The van der Waals surface area contributed by atoms with Crippen LogP contribution in [-0.4, -0.2) is 85.2 Å². The topological polar surface area (TPSA) is 219 Å². The molecule has 8 rings (SSSR count). The summed E-state index contributed by atoms with van der Waals surface area (Å²) in [6.07, 6.45) is -3.21. The number of nitro groups is 1. The van der Waals surface area contributed by atoms with Crippen molar-refractivity contribution >= 4 is 57.6 Å². The number of urea groups is 1. The van der Waals surface area contributed by atoms with Gasteiger partial charge in [0.1, 0.15) is 30.0 Å². The van der Waals surface area contributed by atoms with Crippen LogP contribution in [0.15, 0.2) is 91.1 Å². The van der Waals surface area contributed by atoms with Crippen LogP contribution in [0, 0.1) is 22.9 Å². The molecule has 17 nitrogen and oxygen atoms in total. The fourth-order valence-corrected chi connectivity index (χ4v) is 7.42. The smallest absolute Gasteiger partial charge is 0.412 e. The Bertz CT molecular complexity index is 2710. The summed E-state index contributed by atoms with van der Waals surface area (Å²) in [5.41, 5.74) is 7.44. The van der Waals surface area contributed by atoms with E-state index in [9.17, 15) is 47.6 Å². The number of ether oxygens (including phenoxy) is 2. The number of nitrogen functional groups attached to an aromatic ring is 1. The number of halogens is 3. The number of nitro benzene ring substituents is 1. The SMILES string of the molecule is Cc1cc(Oc2ccccc2F)ccc1-n1ncc(C(=O)c2cc3cc(OCC(F)F)c(N4C(=O)[C@@H]5C[C@H](N(C(=O)O)c6ccc([N+](=O)[O-])cc6)CN5C4=O)cc3[nH]2)c1N. The molecule has 4 heterocycles. The Balaban J connectivity index is 1.05. The summed E-state index contributed by atoms with van der Waals surface area (Å²) in [6.45, 7) is 0.431. The maximum atomic E-state index is 14.1. The van der Waals surface area contributed by atoms with Crippen molar-refractivity contribution in [3.63, 3.8) is 0 Å². The molecule has 6 aromatic rings. The molecule has 4 N–H and O–H groups in total. The lowest BCUT2D eigenvalue weighted by Gasteiger charge is -2.27. The fourth-order valence-electron chi connectivity index (χ4n) is 7.42. The quantitative estimate of drug-likeness (QED) is 0.0491. The van der Waals surface area contributed by atoms with E-state index in [0.29, 0.717) is 22.4 Å². The number of para-hydroxylation sites is 1. The minimum absolute atomic E-state index is 0.00103. The van der Waals surface area contributed by atoms with Gasteiger partial charge in [-0.3, -0.25) is 24.6 Å². The average Bonchev–Trinajstić information content (AvgIpc) is 3.98. The first-order valence-electron chi connectivity index (χ1n) is 18.1. The predicted octanol–water partition coefficient (Wildman–Crippen LogP) is 7.05. The highest BCUT2D eigenvalue weighted by Gasteiger charge is 2.53. The molecule has 0 bridgehead atoms. The van der Waals surface area contributed by atoms with Crippen LogP contribution >= 0.6 is 0 Å². The number of non-ortho nitro benzene ring substituents is 1.